The second-order valence-electron chi connectivity index (χ2n) is 3.21. The number of hydrogen-bond acceptors (Lipinski definition) is 4. The van der Waals surface area contributed by atoms with Gasteiger partial charge in [0, 0.05) is 20.3 Å². The zero-order chi connectivity index (χ0) is 11.9. The van der Waals surface area contributed by atoms with Crippen LogP contribution in [0.5, 0.6) is 0 Å². The normalized spacial score (nSPS) is 10.7. The molecule has 0 aliphatic rings. The number of halogens is 1. The fraction of sp³-hybridized carbons (Fsp3) is 0.250. The minimum absolute atomic E-state index is 0.00111. The van der Waals surface area contributed by atoms with E-state index in [1.807, 2.05) is 0 Å². The SMILES string of the molecule is Cn1nccc1-c1nn(C)c(Cl)c1[N+](=O)[O-]. The van der Waals surface area contributed by atoms with Gasteiger partial charge in [0.15, 0.2) is 5.69 Å². The summed E-state index contributed by atoms with van der Waals surface area (Å²) in [5.41, 5.74) is 0.569. The van der Waals surface area contributed by atoms with Crippen molar-refractivity contribution in [3.05, 3.63) is 27.5 Å². The summed E-state index contributed by atoms with van der Waals surface area (Å²) in [5.74, 6) is 0. The molecule has 16 heavy (non-hydrogen) atoms. The highest BCUT2D eigenvalue weighted by Gasteiger charge is 2.27. The lowest BCUT2D eigenvalue weighted by Gasteiger charge is -1.96. The summed E-state index contributed by atoms with van der Waals surface area (Å²) in [6.45, 7) is 0. The van der Waals surface area contributed by atoms with E-state index in [0.29, 0.717) is 5.69 Å². The molecule has 0 N–H and O–H groups in total. The predicted molar refractivity (Wildman–Crippen MR) is 57.1 cm³/mol. The van der Waals surface area contributed by atoms with E-state index in [-0.39, 0.29) is 16.5 Å². The molecule has 8 heteroatoms. The van der Waals surface area contributed by atoms with Crippen molar-refractivity contribution in [2.24, 2.45) is 14.1 Å². The second kappa shape index (κ2) is 3.60. The predicted octanol–water partition coefficient (Wildman–Crippen LogP) is 1.38. The smallest absolute Gasteiger partial charge is 0.266 e. The lowest BCUT2D eigenvalue weighted by molar-refractivity contribution is -0.384. The molecule has 0 radical (unpaired) electrons. The van der Waals surface area contributed by atoms with Crippen molar-refractivity contribution in [2.75, 3.05) is 0 Å². The summed E-state index contributed by atoms with van der Waals surface area (Å²) < 4.78 is 2.77. The minimum atomic E-state index is -0.544. The Morgan fingerprint density at radius 3 is 2.62 bits per heavy atom. The Morgan fingerprint density at radius 1 is 1.44 bits per heavy atom. The molecule has 2 rings (SSSR count). The molecular formula is C8H8ClN5O2. The largest absolute Gasteiger partial charge is 0.335 e. The molecular weight excluding hydrogens is 234 g/mol. The quantitative estimate of drug-likeness (QED) is 0.588. The summed E-state index contributed by atoms with van der Waals surface area (Å²) >= 11 is 5.81. The molecule has 0 aliphatic carbocycles. The van der Waals surface area contributed by atoms with Crippen molar-refractivity contribution in [2.45, 2.75) is 0 Å². The maximum Gasteiger partial charge on any atom is 0.335 e. The Balaban J connectivity index is 2.71. The fourth-order valence-corrected chi connectivity index (χ4v) is 1.63. The van der Waals surface area contributed by atoms with Crippen LogP contribution >= 0.6 is 11.6 Å². The van der Waals surface area contributed by atoms with Crippen LogP contribution in [-0.2, 0) is 14.1 Å². The molecule has 0 aromatic carbocycles. The molecule has 2 aromatic rings. The van der Waals surface area contributed by atoms with E-state index in [4.69, 9.17) is 11.6 Å². The lowest BCUT2D eigenvalue weighted by Crippen LogP contribution is -1.97. The maximum atomic E-state index is 10.9. The summed E-state index contributed by atoms with van der Waals surface area (Å²) in [7, 11) is 3.23. The monoisotopic (exact) mass is 241 g/mol. The van der Waals surface area contributed by atoms with Crippen molar-refractivity contribution >= 4 is 17.3 Å². The molecule has 84 valence electrons. The molecule has 0 aliphatic heterocycles. The van der Waals surface area contributed by atoms with Gasteiger partial charge in [0.25, 0.3) is 0 Å². The molecule has 2 heterocycles. The molecule has 0 bridgehead atoms. The first-order valence-corrected chi connectivity index (χ1v) is 4.75. The molecule has 0 saturated carbocycles. The Labute approximate surface area is 95.4 Å². The zero-order valence-electron chi connectivity index (χ0n) is 8.59. The third-order valence-corrected chi connectivity index (χ3v) is 2.62. The number of nitro groups is 1. The maximum absolute atomic E-state index is 10.9. The van der Waals surface area contributed by atoms with E-state index >= 15 is 0 Å². The van der Waals surface area contributed by atoms with Gasteiger partial charge >= 0.3 is 5.69 Å². The third-order valence-electron chi connectivity index (χ3n) is 2.20. The first-order chi connectivity index (χ1) is 7.52. The van der Waals surface area contributed by atoms with E-state index in [2.05, 4.69) is 10.2 Å². The average molecular weight is 242 g/mol. The number of hydrogen-bond donors (Lipinski definition) is 0. The van der Waals surface area contributed by atoms with Crippen LogP contribution < -0.4 is 0 Å². The van der Waals surface area contributed by atoms with Crippen LogP contribution in [0.4, 0.5) is 5.69 Å². The van der Waals surface area contributed by atoms with Crippen LogP contribution in [0.1, 0.15) is 0 Å². The topological polar surface area (TPSA) is 78.8 Å². The Morgan fingerprint density at radius 2 is 2.12 bits per heavy atom. The second-order valence-corrected chi connectivity index (χ2v) is 3.57. The van der Waals surface area contributed by atoms with Gasteiger partial charge in [-0.2, -0.15) is 10.2 Å². The summed E-state index contributed by atoms with van der Waals surface area (Å²) in [4.78, 5) is 10.4. The van der Waals surface area contributed by atoms with Crippen molar-refractivity contribution in [3.8, 4) is 11.4 Å². The van der Waals surface area contributed by atoms with Gasteiger partial charge in [-0.25, -0.2) is 0 Å². The van der Waals surface area contributed by atoms with Gasteiger partial charge in [-0.1, -0.05) is 11.6 Å². The van der Waals surface area contributed by atoms with Crippen molar-refractivity contribution in [1.82, 2.24) is 19.6 Å². The Hall–Kier alpha value is -1.89. The molecule has 0 fully saturated rings. The lowest BCUT2D eigenvalue weighted by atomic mass is 10.3. The summed E-state index contributed by atoms with van der Waals surface area (Å²) in [6.07, 6.45) is 1.54. The van der Waals surface area contributed by atoms with Crippen molar-refractivity contribution < 1.29 is 4.92 Å². The van der Waals surface area contributed by atoms with E-state index in [1.165, 1.54) is 9.36 Å². The molecule has 2 aromatic heterocycles. The van der Waals surface area contributed by atoms with Crippen LogP contribution in [-0.4, -0.2) is 24.5 Å². The Kier molecular flexibility index (Phi) is 2.39. The van der Waals surface area contributed by atoms with Gasteiger partial charge in [-0.05, 0) is 6.07 Å². The fourth-order valence-electron chi connectivity index (χ4n) is 1.43. The van der Waals surface area contributed by atoms with Gasteiger partial charge in [0.05, 0.1) is 10.6 Å². The Bertz CT molecular complexity index is 559. The van der Waals surface area contributed by atoms with Crippen LogP contribution in [0.15, 0.2) is 12.3 Å². The van der Waals surface area contributed by atoms with Gasteiger partial charge in [-0.3, -0.25) is 19.5 Å². The van der Waals surface area contributed by atoms with Gasteiger partial charge < -0.3 is 0 Å². The van der Waals surface area contributed by atoms with E-state index in [0.717, 1.165) is 0 Å². The zero-order valence-corrected chi connectivity index (χ0v) is 9.34. The summed E-state index contributed by atoms with van der Waals surface area (Å²) in [5, 5.41) is 18.9. The molecule has 0 spiro atoms. The van der Waals surface area contributed by atoms with Crippen LogP contribution in [0.3, 0.4) is 0 Å². The van der Waals surface area contributed by atoms with Crippen LogP contribution in [0.2, 0.25) is 5.15 Å². The minimum Gasteiger partial charge on any atom is -0.266 e. The number of nitrogens with zero attached hydrogens (tertiary/aromatic N) is 5. The van der Waals surface area contributed by atoms with Gasteiger partial charge in [0.1, 0.15) is 0 Å². The highest BCUT2D eigenvalue weighted by atomic mass is 35.5. The summed E-state index contributed by atoms with van der Waals surface area (Å²) in [6, 6.07) is 1.64. The van der Waals surface area contributed by atoms with Crippen molar-refractivity contribution in [1.29, 1.82) is 0 Å². The molecule has 7 nitrogen and oxygen atoms in total. The van der Waals surface area contributed by atoms with E-state index in [9.17, 15) is 10.1 Å². The van der Waals surface area contributed by atoms with Gasteiger partial charge in [-0.15, -0.1) is 0 Å². The molecule has 0 atom stereocenters. The first kappa shape index (κ1) is 10.6. The van der Waals surface area contributed by atoms with E-state index in [1.54, 1.807) is 26.4 Å². The molecule has 0 saturated heterocycles. The highest BCUT2D eigenvalue weighted by Crippen LogP contribution is 2.34. The number of aromatic nitrogens is 4. The number of aryl methyl sites for hydroxylation is 2. The molecule has 0 amide bonds. The molecule has 0 unspecified atom stereocenters. The van der Waals surface area contributed by atoms with Gasteiger partial charge in [0.2, 0.25) is 5.15 Å². The third kappa shape index (κ3) is 1.45. The van der Waals surface area contributed by atoms with Crippen molar-refractivity contribution in [3.63, 3.8) is 0 Å². The first-order valence-electron chi connectivity index (χ1n) is 4.37. The van der Waals surface area contributed by atoms with E-state index < -0.39 is 4.92 Å². The standard InChI is InChI=1S/C8H8ClN5O2/c1-12-5(3-4-10-12)6-7(14(15)16)8(9)13(2)11-6/h3-4H,1-2H3. The number of rotatable bonds is 2. The average Bonchev–Trinajstić information content (AvgIpc) is 2.72. The van der Waals surface area contributed by atoms with Crippen LogP contribution in [0.25, 0.3) is 11.4 Å². The highest BCUT2D eigenvalue weighted by molar-refractivity contribution is 6.32. The van der Waals surface area contributed by atoms with Crippen LogP contribution in [0, 0.1) is 10.1 Å².